The Hall–Kier alpha value is -2.27. The number of hydrogen-bond donors (Lipinski definition) is 1. The lowest BCUT2D eigenvalue weighted by Crippen LogP contribution is -2.50. The third kappa shape index (κ3) is 3.87. The first-order chi connectivity index (χ1) is 11.9. The van der Waals surface area contributed by atoms with Crippen LogP contribution < -0.4 is 4.90 Å². The molecule has 0 saturated carbocycles. The predicted octanol–water partition coefficient (Wildman–Crippen LogP) is 3.39. The minimum atomic E-state index is -0.468. The van der Waals surface area contributed by atoms with Crippen molar-refractivity contribution >= 4 is 22.6 Å². The fourth-order valence-electron chi connectivity index (χ4n) is 3.22. The highest BCUT2D eigenvalue weighted by Crippen LogP contribution is 2.30. The number of carbonyl (C=O) groups is 1. The molecule has 0 atom stereocenters. The molecule has 0 unspecified atom stereocenters. The molecular formula is C20H26N2O3. The highest BCUT2D eigenvalue weighted by Gasteiger charge is 2.26. The smallest absolute Gasteiger partial charge is 0.410 e. The molecule has 5 heteroatoms. The summed E-state index contributed by atoms with van der Waals surface area (Å²) in [4.78, 5) is 16.3. The van der Waals surface area contributed by atoms with Gasteiger partial charge in [0.2, 0.25) is 0 Å². The maximum absolute atomic E-state index is 12.2. The number of hydrogen-bond acceptors (Lipinski definition) is 4. The van der Waals surface area contributed by atoms with Gasteiger partial charge in [0.15, 0.2) is 0 Å². The Labute approximate surface area is 148 Å². The number of ether oxygens (including phenoxy) is 1. The minimum absolute atomic E-state index is 0.0349. The summed E-state index contributed by atoms with van der Waals surface area (Å²) in [6.45, 7) is 8.51. The van der Waals surface area contributed by atoms with Crippen molar-refractivity contribution in [2.45, 2.75) is 33.0 Å². The van der Waals surface area contributed by atoms with Crippen LogP contribution in [0.5, 0.6) is 0 Å². The molecule has 134 valence electrons. The molecule has 1 aliphatic rings. The van der Waals surface area contributed by atoms with Crippen LogP contribution in [0.1, 0.15) is 26.3 Å². The van der Waals surface area contributed by atoms with Crippen molar-refractivity contribution in [2.75, 3.05) is 31.1 Å². The van der Waals surface area contributed by atoms with Crippen LogP contribution in [0, 0.1) is 0 Å². The van der Waals surface area contributed by atoms with E-state index in [1.807, 2.05) is 45.0 Å². The van der Waals surface area contributed by atoms with E-state index in [-0.39, 0.29) is 12.7 Å². The van der Waals surface area contributed by atoms with Crippen LogP contribution in [0.3, 0.4) is 0 Å². The summed E-state index contributed by atoms with van der Waals surface area (Å²) in [6.07, 6.45) is -0.243. The third-order valence-corrected chi connectivity index (χ3v) is 4.43. The molecule has 1 N–H and O–H groups in total. The quantitative estimate of drug-likeness (QED) is 0.909. The van der Waals surface area contributed by atoms with Crippen LogP contribution in [0.2, 0.25) is 0 Å². The van der Waals surface area contributed by atoms with Gasteiger partial charge in [-0.05, 0) is 37.8 Å². The Morgan fingerprint density at radius 2 is 1.68 bits per heavy atom. The number of piperazine rings is 1. The second-order valence-electron chi connectivity index (χ2n) is 7.40. The number of fused-ring (bicyclic) bond motifs is 1. The van der Waals surface area contributed by atoms with E-state index < -0.39 is 5.60 Å². The summed E-state index contributed by atoms with van der Waals surface area (Å²) in [5.41, 5.74) is 1.62. The van der Waals surface area contributed by atoms with Gasteiger partial charge in [0, 0.05) is 37.3 Å². The molecule has 0 radical (unpaired) electrons. The topological polar surface area (TPSA) is 53.0 Å². The SMILES string of the molecule is CC(C)(C)OC(=O)N1CCN(c2ccc(CO)c3ccccc23)CC1. The second-order valence-corrected chi connectivity index (χ2v) is 7.40. The van der Waals surface area contributed by atoms with Crippen LogP contribution in [0.15, 0.2) is 36.4 Å². The zero-order valence-electron chi connectivity index (χ0n) is 15.2. The zero-order valence-corrected chi connectivity index (χ0v) is 15.2. The van der Waals surface area contributed by atoms with Crippen molar-refractivity contribution in [1.82, 2.24) is 4.90 Å². The van der Waals surface area contributed by atoms with Crippen molar-refractivity contribution in [2.24, 2.45) is 0 Å². The molecule has 1 aliphatic heterocycles. The lowest BCUT2D eigenvalue weighted by atomic mass is 10.0. The normalized spacial score (nSPS) is 15.5. The molecule has 2 aromatic carbocycles. The first-order valence-electron chi connectivity index (χ1n) is 8.73. The number of nitrogens with zero attached hydrogens (tertiary/aromatic N) is 2. The molecule has 1 amide bonds. The Kier molecular flexibility index (Phi) is 4.86. The largest absolute Gasteiger partial charge is 0.444 e. The molecule has 1 fully saturated rings. The van der Waals surface area contributed by atoms with Gasteiger partial charge in [-0.15, -0.1) is 0 Å². The average Bonchev–Trinajstić information content (AvgIpc) is 2.59. The fourth-order valence-corrected chi connectivity index (χ4v) is 3.22. The highest BCUT2D eigenvalue weighted by molar-refractivity contribution is 5.96. The molecule has 5 nitrogen and oxygen atoms in total. The van der Waals surface area contributed by atoms with Crippen LogP contribution in [-0.2, 0) is 11.3 Å². The second kappa shape index (κ2) is 6.92. The van der Waals surface area contributed by atoms with Crippen molar-refractivity contribution in [1.29, 1.82) is 0 Å². The van der Waals surface area contributed by atoms with Gasteiger partial charge in [-0.2, -0.15) is 0 Å². The molecule has 0 aromatic heterocycles. The van der Waals surface area contributed by atoms with Gasteiger partial charge in [-0.1, -0.05) is 30.3 Å². The van der Waals surface area contributed by atoms with Gasteiger partial charge in [0.25, 0.3) is 0 Å². The van der Waals surface area contributed by atoms with Crippen LogP contribution in [-0.4, -0.2) is 47.9 Å². The van der Waals surface area contributed by atoms with Gasteiger partial charge < -0.3 is 19.6 Å². The van der Waals surface area contributed by atoms with Crippen molar-refractivity contribution in [3.8, 4) is 0 Å². The molecule has 0 bridgehead atoms. The van der Waals surface area contributed by atoms with E-state index in [4.69, 9.17) is 4.74 Å². The van der Waals surface area contributed by atoms with Gasteiger partial charge in [-0.25, -0.2) is 4.79 Å². The molecule has 0 aliphatic carbocycles. The Morgan fingerprint density at radius 1 is 1.04 bits per heavy atom. The van der Waals surface area contributed by atoms with Crippen LogP contribution >= 0.6 is 0 Å². The van der Waals surface area contributed by atoms with Gasteiger partial charge in [0.05, 0.1) is 6.61 Å². The third-order valence-electron chi connectivity index (χ3n) is 4.43. The molecule has 1 heterocycles. The fraction of sp³-hybridized carbons (Fsp3) is 0.450. The maximum atomic E-state index is 12.2. The summed E-state index contributed by atoms with van der Waals surface area (Å²) in [5, 5.41) is 11.8. The summed E-state index contributed by atoms with van der Waals surface area (Å²) in [7, 11) is 0. The van der Waals surface area contributed by atoms with Gasteiger partial charge in [0.1, 0.15) is 5.60 Å². The lowest BCUT2D eigenvalue weighted by molar-refractivity contribution is 0.0240. The van der Waals surface area contributed by atoms with Crippen molar-refractivity contribution in [3.63, 3.8) is 0 Å². The lowest BCUT2D eigenvalue weighted by Gasteiger charge is -2.37. The average molecular weight is 342 g/mol. The summed E-state index contributed by atoms with van der Waals surface area (Å²) in [6, 6.07) is 12.2. The van der Waals surface area contributed by atoms with E-state index in [0.29, 0.717) is 13.1 Å². The van der Waals surface area contributed by atoms with E-state index in [1.54, 1.807) is 4.90 Å². The van der Waals surface area contributed by atoms with E-state index >= 15 is 0 Å². The highest BCUT2D eigenvalue weighted by atomic mass is 16.6. The Morgan fingerprint density at radius 3 is 2.28 bits per heavy atom. The van der Waals surface area contributed by atoms with Crippen molar-refractivity contribution in [3.05, 3.63) is 42.0 Å². The zero-order chi connectivity index (χ0) is 18.0. The molecule has 3 rings (SSSR count). The number of aliphatic hydroxyl groups is 1. The van der Waals surface area contributed by atoms with Gasteiger partial charge >= 0.3 is 6.09 Å². The van der Waals surface area contributed by atoms with E-state index in [2.05, 4.69) is 17.0 Å². The molecule has 0 spiro atoms. The molecular weight excluding hydrogens is 316 g/mol. The van der Waals surface area contributed by atoms with E-state index in [9.17, 15) is 9.90 Å². The standard InChI is InChI=1S/C20H26N2O3/c1-20(2,3)25-19(24)22-12-10-21(11-13-22)18-9-8-15(14-23)16-6-4-5-7-17(16)18/h4-9,23H,10-14H2,1-3H3. The first-order valence-corrected chi connectivity index (χ1v) is 8.73. The predicted molar refractivity (Wildman–Crippen MR) is 99.9 cm³/mol. The number of rotatable bonds is 2. The number of benzene rings is 2. The summed E-state index contributed by atoms with van der Waals surface area (Å²) in [5.74, 6) is 0. The summed E-state index contributed by atoms with van der Waals surface area (Å²) < 4.78 is 5.46. The van der Waals surface area contributed by atoms with E-state index in [0.717, 1.165) is 35.1 Å². The Bertz CT molecular complexity index is 759. The molecule has 25 heavy (non-hydrogen) atoms. The van der Waals surface area contributed by atoms with Crippen molar-refractivity contribution < 1.29 is 14.6 Å². The maximum Gasteiger partial charge on any atom is 0.410 e. The number of aliphatic hydroxyl groups excluding tert-OH is 1. The van der Waals surface area contributed by atoms with E-state index in [1.165, 1.54) is 0 Å². The minimum Gasteiger partial charge on any atom is -0.444 e. The number of amides is 1. The van der Waals surface area contributed by atoms with Crippen LogP contribution in [0.4, 0.5) is 10.5 Å². The monoisotopic (exact) mass is 342 g/mol. The number of anilines is 1. The van der Waals surface area contributed by atoms with Crippen LogP contribution in [0.25, 0.3) is 10.8 Å². The molecule has 1 saturated heterocycles. The first kappa shape index (κ1) is 17.5. The molecule has 2 aromatic rings. The van der Waals surface area contributed by atoms with Gasteiger partial charge in [-0.3, -0.25) is 0 Å². The summed E-state index contributed by atoms with van der Waals surface area (Å²) >= 11 is 0. The Balaban J connectivity index is 1.76. The number of carbonyl (C=O) groups excluding carboxylic acids is 1.